The summed E-state index contributed by atoms with van der Waals surface area (Å²) in [6.07, 6.45) is 3.38. The van der Waals surface area contributed by atoms with Gasteiger partial charge >= 0.3 is 0 Å². The van der Waals surface area contributed by atoms with Crippen molar-refractivity contribution in [2.24, 2.45) is 5.92 Å². The normalized spacial score (nSPS) is 24.9. The third-order valence-electron chi connectivity index (χ3n) is 3.79. The molecule has 0 saturated carbocycles. The average molecular weight is 246 g/mol. The van der Waals surface area contributed by atoms with Gasteiger partial charge in [-0.1, -0.05) is 24.3 Å². The van der Waals surface area contributed by atoms with Crippen molar-refractivity contribution in [3.8, 4) is 0 Å². The van der Waals surface area contributed by atoms with Crippen molar-refractivity contribution in [2.75, 3.05) is 13.2 Å². The molecule has 1 aliphatic heterocycles. The topological polar surface area (TPSA) is 35.5 Å². The number of carbonyl (C=O) groups is 1. The van der Waals surface area contributed by atoms with Crippen molar-refractivity contribution in [1.82, 2.24) is 0 Å². The van der Waals surface area contributed by atoms with E-state index in [9.17, 15) is 4.79 Å². The highest BCUT2D eigenvalue weighted by atomic mass is 16.7. The highest BCUT2D eigenvalue weighted by Gasteiger charge is 2.30. The molecule has 1 aromatic rings. The molecule has 1 aliphatic carbocycles. The molecular weight excluding hydrogens is 228 g/mol. The van der Waals surface area contributed by atoms with Crippen molar-refractivity contribution in [1.29, 1.82) is 0 Å². The summed E-state index contributed by atoms with van der Waals surface area (Å²) in [7, 11) is 0. The smallest absolute Gasteiger partial charge is 0.166 e. The molecule has 18 heavy (non-hydrogen) atoms. The minimum atomic E-state index is -0.182. The van der Waals surface area contributed by atoms with E-state index in [2.05, 4.69) is 6.07 Å². The standard InChI is InChI=1S/C15H18O3/c16-15-12(10-14-17-8-3-9-18-14)7-6-11-4-1-2-5-13(11)15/h1-2,4-5,12,14H,3,6-10H2. The van der Waals surface area contributed by atoms with E-state index in [0.717, 1.165) is 38.0 Å². The Morgan fingerprint density at radius 3 is 2.78 bits per heavy atom. The summed E-state index contributed by atoms with van der Waals surface area (Å²) in [4.78, 5) is 12.4. The van der Waals surface area contributed by atoms with E-state index in [-0.39, 0.29) is 18.0 Å². The summed E-state index contributed by atoms with van der Waals surface area (Å²) in [6.45, 7) is 1.50. The van der Waals surface area contributed by atoms with Crippen LogP contribution in [0.3, 0.4) is 0 Å². The molecule has 2 aliphatic rings. The highest BCUT2D eigenvalue weighted by Crippen LogP contribution is 2.29. The van der Waals surface area contributed by atoms with Gasteiger partial charge in [-0.3, -0.25) is 4.79 Å². The van der Waals surface area contributed by atoms with Gasteiger partial charge in [-0.15, -0.1) is 0 Å². The van der Waals surface area contributed by atoms with Crippen LogP contribution < -0.4 is 0 Å². The number of hydrogen-bond acceptors (Lipinski definition) is 3. The first-order chi connectivity index (χ1) is 8.84. The van der Waals surface area contributed by atoms with Crippen LogP contribution in [0.15, 0.2) is 24.3 Å². The van der Waals surface area contributed by atoms with Gasteiger partial charge < -0.3 is 9.47 Å². The molecule has 0 amide bonds. The summed E-state index contributed by atoms with van der Waals surface area (Å²) in [5.41, 5.74) is 2.08. The molecule has 3 heteroatoms. The number of fused-ring (bicyclic) bond motifs is 1. The van der Waals surface area contributed by atoms with Crippen molar-refractivity contribution in [3.63, 3.8) is 0 Å². The van der Waals surface area contributed by atoms with Crippen LogP contribution in [0.1, 0.15) is 35.2 Å². The fourth-order valence-electron chi connectivity index (χ4n) is 2.79. The number of ketones is 1. The van der Waals surface area contributed by atoms with Crippen molar-refractivity contribution >= 4 is 5.78 Å². The Hall–Kier alpha value is -1.19. The van der Waals surface area contributed by atoms with Crippen LogP contribution in [0.4, 0.5) is 0 Å². The van der Waals surface area contributed by atoms with Gasteiger partial charge in [0.25, 0.3) is 0 Å². The predicted octanol–water partition coefficient (Wildman–Crippen LogP) is 2.58. The van der Waals surface area contributed by atoms with Crippen LogP contribution in [0, 0.1) is 5.92 Å². The molecule has 0 N–H and O–H groups in total. The zero-order valence-electron chi connectivity index (χ0n) is 10.4. The van der Waals surface area contributed by atoms with Crippen molar-refractivity contribution in [3.05, 3.63) is 35.4 Å². The number of rotatable bonds is 2. The van der Waals surface area contributed by atoms with Gasteiger partial charge in [0.2, 0.25) is 0 Å². The summed E-state index contributed by atoms with van der Waals surface area (Å²) in [5, 5.41) is 0. The lowest BCUT2D eigenvalue weighted by molar-refractivity contribution is -0.185. The van der Waals surface area contributed by atoms with Gasteiger partial charge in [0.1, 0.15) is 0 Å². The summed E-state index contributed by atoms with van der Waals surface area (Å²) >= 11 is 0. The molecule has 1 fully saturated rings. The zero-order valence-corrected chi connectivity index (χ0v) is 10.4. The molecule has 0 radical (unpaired) electrons. The van der Waals surface area contributed by atoms with Crippen LogP contribution in [-0.4, -0.2) is 25.3 Å². The fourth-order valence-corrected chi connectivity index (χ4v) is 2.79. The molecule has 3 rings (SSSR count). The third kappa shape index (κ3) is 2.33. The maximum Gasteiger partial charge on any atom is 0.166 e. The highest BCUT2D eigenvalue weighted by molar-refractivity contribution is 6.00. The Labute approximate surface area is 107 Å². The molecule has 0 spiro atoms. The second kappa shape index (κ2) is 5.21. The van der Waals surface area contributed by atoms with E-state index in [4.69, 9.17) is 9.47 Å². The number of aryl methyl sites for hydroxylation is 1. The van der Waals surface area contributed by atoms with Gasteiger partial charge in [-0.2, -0.15) is 0 Å². The molecule has 1 atom stereocenters. The van der Waals surface area contributed by atoms with E-state index in [0.29, 0.717) is 6.42 Å². The van der Waals surface area contributed by atoms with Crippen LogP contribution in [0.5, 0.6) is 0 Å². The lowest BCUT2D eigenvalue weighted by Crippen LogP contribution is -2.32. The molecule has 3 nitrogen and oxygen atoms in total. The predicted molar refractivity (Wildman–Crippen MR) is 67.5 cm³/mol. The van der Waals surface area contributed by atoms with Crippen LogP contribution in [0.25, 0.3) is 0 Å². The van der Waals surface area contributed by atoms with Gasteiger partial charge in [0.05, 0.1) is 13.2 Å². The Balaban J connectivity index is 1.70. The average Bonchev–Trinajstić information content (AvgIpc) is 2.43. The number of carbonyl (C=O) groups excluding carboxylic acids is 1. The monoisotopic (exact) mass is 246 g/mol. The van der Waals surface area contributed by atoms with Gasteiger partial charge in [0.15, 0.2) is 12.1 Å². The van der Waals surface area contributed by atoms with E-state index in [1.165, 1.54) is 5.56 Å². The first kappa shape index (κ1) is 11.9. The number of Topliss-reactive ketones (excluding diaryl/α,β-unsaturated/α-hetero) is 1. The molecule has 1 heterocycles. The van der Waals surface area contributed by atoms with E-state index in [1.54, 1.807) is 0 Å². The second-order valence-corrected chi connectivity index (χ2v) is 5.02. The Morgan fingerprint density at radius 1 is 1.17 bits per heavy atom. The quantitative estimate of drug-likeness (QED) is 0.804. The molecule has 96 valence electrons. The number of hydrogen-bond donors (Lipinski definition) is 0. The minimum absolute atomic E-state index is 0.0583. The molecule has 0 aromatic heterocycles. The number of ether oxygens (including phenoxy) is 2. The SMILES string of the molecule is O=C1c2ccccc2CCC1CC1OCCCO1. The molecule has 1 unspecified atom stereocenters. The van der Waals surface area contributed by atoms with Crippen LogP contribution >= 0.6 is 0 Å². The number of benzene rings is 1. The third-order valence-corrected chi connectivity index (χ3v) is 3.79. The first-order valence-electron chi connectivity index (χ1n) is 6.70. The lowest BCUT2D eigenvalue weighted by atomic mass is 9.81. The summed E-state index contributed by atoms with van der Waals surface area (Å²) in [6, 6.07) is 7.93. The van der Waals surface area contributed by atoms with Gasteiger partial charge in [-0.25, -0.2) is 0 Å². The first-order valence-corrected chi connectivity index (χ1v) is 6.70. The van der Waals surface area contributed by atoms with Crippen LogP contribution in [0.2, 0.25) is 0 Å². The minimum Gasteiger partial charge on any atom is -0.353 e. The Morgan fingerprint density at radius 2 is 1.94 bits per heavy atom. The maximum atomic E-state index is 12.4. The van der Waals surface area contributed by atoms with Crippen molar-refractivity contribution < 1.29 is 14.3 Å². The van der Waals surface area contributed by atoms with Crippen LogP contribution in [-0.2, 0) is 15.9 Å². The Kier molecular flexibility index (Phi) is 3.43. The second-order valence-electron chi connectivity index (χ2n) is 5.02. The molecule has 0 bridgehead atoms. The molecule has 1 saturated heterocycles. The van der Waals surface area contributed by atoms with E-state index < -0.39 is 0 Å². The fraction of sp³-hybridized carbons (Fsp3) is 0.533. The zero-order chi connectivity index (χ0) is 12.4. The van der Waals surface area contributed by atoms with E-state index >= 15 is 0 Å². The largest absolute Gasteiger partial charge is 0.353 e. The van der Waals surface area contributed by atoms with Gasteiger partial charge in [0, 0.05) is 17.9 Å². The Bertz CT molecular complexity index is 435. The molecule has 1 aromatic carbocycles. The van der Waals surface area contributed by atoms with Crippen molar-refractivity contribution in [2.45, 2.75) is 32.0 Å². The summed E-state index contributed by atoms with van der Waals surface area (Å²) in [5.74, 6) is 0.317. The lowest BCUT2D eigenvalue weighted by Gasteiger charge is -2.29. The van der Waals surface area contributed by atoms with E-state index in [1.807, 2.05) is 18.2 Å². The molecular formula is C15H18O3. The maximum absolute atomic E-state index is 12.4. The van der Waals surface area contributed by atoms with Gasteiger partial charge in [-0.05, 0) is 24.8 Å². The summed E-state index contributed by atoms with van der Waals surface area (Å²) < 4.78 is 11.1.